The number of nitrogens with one attached hydrogen (secondary N) is 1. The first-order valence-corrected chi connectivity index (χ1v) is 6.86. The van der Waals surface area contributed by atoms with Gasteiger partial charge in [0.2, 0.25) is 5.91 Å². The summed E-state index contributed by atoms with van der Waals surface area (Å²) in [6, 6.07) is 10.3. The van der Waals surface area contributed by atoms with Gasteiger partial charge < -0.3 is 5.32 Å². The minimum Gasteiger partial charge on any atom is -0.305 e. The lowest BCUT2D eigenvalue weighted by molar-refractivity contribution is -0.120. The van der Waals surface area contributed by atoms with Crippen LogP contribution in [0, 0.1) is 5.92 Å². The molecule has 1 aliphatic carbocycles. The molecule has 0 spiro atoms. The van der Waals surface area contributed by atoms with Crippen molar-refractivity contribution in [2.45, 2.75) is 12.3 Å². The second-order valence-corrected chi connectivity index (χ2v) is 5.47. The van der Waals surface area contributed by atoms with E-state index in [4.69, 9.17) is 0 Å². The maximum Gasteiger partial charge on any atom is 0.229 e. The Morgan fingerprint density at radius 3 is 2.88 bits per heavy atom. The first-order valence-electron chi connectivity index (χ1n) is 5.87. The highest BCUT2D eigenvalue weighted by molar-refractivity contribution is 8.14. The van der Waals surface area contributed by atoms with Gasteiger partial charge in [-0.3, -0.25) is 9.79 Å². The van der Waals surface area contributed by atoms with Crippen molar-refractivity contribution in [3.63, 3.8) is 0 Å². The van der Waals surface area contributed by atoms with E-state index in [-0.39, 0.29) is 11.8 Å². The van der Waals surface area contributed by atoms with Gasteiger partial charge in [0.05, 0.1) is 6.54 Å². The molecule has 4 heteroatoms. The molecule has 1 heterocycles. The SMILES string of the molecule is O=C(NC1=NCCS1)[C@H]1C[C@@H]1c1ccccc1. The summed E-state index contributed by atoms with van der Waals surface area (Å²) in [5, 5.41) is 3.71. The Balaban J connectivity index is 1.59. The predicted octanol–water partition coefficient (Wildman–Crippen LogP) is 2.01. The third-order valence-corrected chi connectivity index (χ3v) is 4.06. The summed E-state index contributed by atoms with van der Waals surface area (Å²) in [5.74, 6) is 1.67. The van der Waals surface area contributed by atoms with Crippen molar-refractivity contribution in [1.29, 1.82) is 0 Å². The molecule has 88 valence electrons. The normalized spacial score (nSPS) is 26.5. The molecule has 1 N–H and O–H groups in total. The largest absolute Gasteiger partial charge is 0.305 e. The number of nitrogens with zero attached hydrogens (tertiary/aromatic N) is 1. The molecule has 1 fully saturated rings. The van der Waals surface area contributed by atoms with Gasteiger partial charge in [-0.05, 0) is 17.9 Å². The number of hydrogen-bond donors (Lipinski definition) is 1. The fourth-order valence-electron chi connectivity index (χ4n) is 2.16. The molecule has 1 amide bonds. The number of amidine groups is 1. The third kappa shape index (κ3) is 2.36. The summed E-state index contributed by atoms with van der Waals surface area (Å²) < 4.78 is 0. The number of carbonyl (C=O) groups excluding carboxylic acids is 1. The summed E-state index contributed by atoms with van der Waals surface area (Å²) in [5.41, 5.74) is 1.27. The highest BCUT2D eigenvalue weighted by Crippen LogP contribution is 2.47. The standard InChI is InChI=1S/C13H14N2OS/c16-12(15-13-14-6-7-17-13)11-8-10(11)9-4-2-1-3-5-9/h1-5,10-11H,6-8H2,(H,14,15,16)/t10-,11+/m1/s1. The van der Waals surface area contributed by atoms with Crippen LogP contribution in [0.1, 0.15) is 17.9 Å². The van der Waals surface area contributed by atoms with Crippen LogP contribution >= 0.6 is 11.8 Å². The monoisotopic (exact) mass is 246 g/mol. The Morgan fingerprint density at radius 1 is 1.35 bits per heavy atom. The van der Waals surface area contributed by atoms with Crippen molar-refractivity contribution in [2.24, 2.45) is 10.9 Å². The van der Waals surface area contributed by atoms with Crippen LogP contribution in [0.3, 0.4) is 0 Å². The summed E-state index contributed by atoms with van der Waals surface area (Å²) >= 11 is 1.63. The van der Waals surface area contributed by atoms with Crippen molar-refractivity contribution in [1.82, 2.24) is 5.32 Å². The third-order valence-electron chi connectivity index (χ3n) is 3.17. The number of thioether (sulfide) groups is 1. The molecule has 17 heavy (non-hydrogen) atoms. The van der Waals surface area contributed by atoms with Crippen LogP contribution in [0.15, 0.2) is 35.3 Å². The molecule has 0 bridgehead atoms. The van der Waals surface area contributed by atoms with Crippen molar-refractivity contribution in [3.8, 4) is 0 Å². The lowest BCUT2D eigenvalue weighted by Gasteiger charge is -2.03. The molecule has 0 aromatic heterocycles. The van der Waals surface area contributed by atoms with E-state index in [2.05, 4.69) is 22.4 Å². The van der Waals surface area contributed by atoms with Gasteiger partial charge in [-0.25, -0.2) is 0 Å². The summed E-state index contributed by atoms with van der Waals surface area (Å²) in [6.07, 6.45) is 0.966. The summed E-state index contributed by atoms with van der Waals surface area (Å²) in [6.45, 7) is 0.826. The Morgan fingerprint density at radius 2 is 2.18 bits per heavy atom. The first kappa shape index (κ1) is 10.8. The maximum absolute atomic E-state index is 11.9. The number of carbonyl (C=O) groups is 1. The number of rotatable bonds is 2. The Labute approximate surface area is 105 Å². The van der Waals surface area contributed by atoms with Gasteiger partial charge in [0.1, 0.15) is 0 Å². The van der Waals surface area contributed by atoms with Crippen molar-refractivity contribution < 1.29 is 4.79 Å². The minimum absolute atomic E-state index is 0.131. The molecule has 1 saturated carbocycles. The highest BCUT2D eigenvalue weighted by atomic mass is 32.2. The molecule has 2 aliphatic rings. The van der Waals surface area contributed by atoms with Crippen molar-refractivity contribution in [2.75, 3.05) is 12.3 Å². The topological polar surface area (TPSA) is 41.5 Å². The second kappa shape index (κ2) is 4.53. The van der Waals surface area contributed by atoms with Crippen LogP contribution < -0.4 is 5.32 Å². The smallest absolute Gasteiger partial charge is 0.229 e. The number of amides is 1. The average molecular weight is 246 g/mol. The lowest BCUT2D eigenvalue weighted by Crippen LogP contribution is -2.29. The van der Waals surface area contributed by atoms with E-state index >= 15 is 0 Å². The molecule has 2 atom stereocenters. The average Bonchev–Trinajstić information content (AvgIpc) is 3.02. The zero-order valence-corrected chi connectivity index (χ0v) is 10.2. The number of hydrogen-bond acceptors (Lipinski definition) is 3. The lowest BCUT2D eigenvalue weighted by atomic mass is 10.1. The van der Waals surface area contributed by atoms with Gasteiger partial charge in [0, 0.05) is 11.7 Å². The quantitative estimate of drug-likeness (QED) is 0.867. The van der Waals surface area contributed by atoms with E-state index in [0.717, 1.165) is 23.9 Å². The maximum atomic E-state index is 11.9. The second-order valence-electron chi connectivity index (χ2n) is 4.38. The molecule has 1 aromatic rings. The van der Waals surface area contributed by atoms with Crippen LogP contribution in [0.2, 0.25) is 0 Å². The molecule has 3 nitrogen and oxygen atoms in total. The van der Waals surface area contributed by atoms with Crippen LogP contribution in [-0.4, -0.2) is 23.4 Å². The van der Waals surface area contributed by atoms with E-state index < -0.39 is 0 Å². The van der Waals surface area contributed by atoms with E-state index in [1.165, 1.54) is 5.56 Å². The number of aliphatic imine (C=N–C) groups is 1. The molecule has 0 radical (unpaired) electrons. The Hall–Kier alpha value is -1.29. The molecular weight excluding hydrogens is 232 g/mol. The number of benzene rings is 1. The van der Waals surface area contributed by atoms with Gasteiger partial charge in [0.15, 0.2) is 5.17 Å². The van der Waals surface area contributed by atoms with E-state index in [9.17, 15) is 4.79 Å². The predicted molar refractivity (Wildman–Crippen MR) is 70.2 cm³/mol. The van der Waals surface area contributed by atoms with Gasteiger partial charge in [-0.1, -0.05) is 42.1 Å². The Bertz CT molecular complexity index is 458. The van der Waals surface area contributed by atoms with E-state index in [1.54, 1.807) is 11.8 Å². The molecule has 1 aromatic carbocycles. The van der Waals surface area contributed by atoms with Crippen LogP contribution in [-0.2, 0) is 4.79 Å². The Kier molecular flexibility index (Phi) is 2.89. The molecular formula is C13H14N2OS. The van der Waals surface area contributed by atoms with Gasteiger partial charge in [0.25, 0.3) is 0 Å². The van der Waals surface area contributed by atoms with E-state index in [1.807, 2.05) is 18.2 Å². The fraction of sp³-hybridized carbons (Fsp3) is 0.385. The molecule has 0 saturated heterocycles. The van der Waals surface area contributed by atoms with Crippen molar-refractivity contribution >= 4 is 22.8 Å². The fourth-order valence-corrected chi connectivity index (χ4v) is 2.89. The van der Waals surface area contributed by atoms with Gasteiger partial charge in [-0.15, -0.1) is 0 Å². The summed E-state index contributed by atoms with van der Waals surface area (Å²) in [7, 11) is 0. The van der Waals surface area contributed by atoms with Crippen LogP contribution in [0.25, 0.3) is 0 Å². The van der Waals surface area contributed by atoms with Crippen LogP contribution in [0.4, 0.5) is 0 Å². The highest BCUT2D eigenvalue weighted by Gasteiger charge is 2.44. The molecule has 1 aliphatic heterocycles. The van der Waals surface area contributed by atoms with Gasteiger partial charge in [-0.2, -0.15) is 0 Å². The zero-order chi connectivity index (χ0) is 11.7. The van der Waals surface area contributed by atoms with Crippen molar-refractivity contribution in [3.05, 3.63) is 35.9 Å². The summed E-state index contributed by atoms with van der Waals surface area (Å²) in [4.78, 5) is 16.2. The molecule has 0 unspecified atom stereocenters. The van der Waals surface area contributed by atoms with Crippen LogP contribution in [0.5, 0.6) is 0 Å². The minimum atomic E-state index is 0.131. The van der Waals surface area contributed by atoms with Gasteiger partial charge >= 0.3 is 0 Å². The zero-order valence-electron chi connectivity index (χ0n) is 9.43. The van der Waals surface area contributed by atoms with E-state index in [0.29, 0.717) is 5.92 Å². The first-order chi connectivity index (χ1) is 8.34. The molecule has 3 rings (SSSR count).